The number of methoxy groups -OCH3 is 5. The lowest BCUT2D eigenvalue weighted by molar-refractivity contribution is -0.130. The van der Waals surface area contributed by atoms with Crippen LogP contribution in [0.4, 0.5) is 0 Å². The molecule has 230 valence electrons. The van der Waals surface area contributed by atoms with E-state index in [1.54, 1.807) is 60.7 Å². The van der Waals surface area contributed by atoms with Crippen LogP contribution in [0, 0.1) is 0 Å². The van der Waals surface area contributed by atoms with E-state index in [0.717, 1.165) is 41.2 Å². The molecule has 9 nitrogen and oxygen atoms in total. The minimum atomic E-state index is -0.442. The summed E-state index contributed by atoms with van der Waals surface area (Å²) in [6.07, 6.45) is 6.17. The summed E-state index contributed by atoms with van der Waals surface area (Å²) < 4.78 is 31.5. The maximum absolute atomic E-state index is 11.4. The topological polar surface area (TPSA) is 101 Å². The Morgan fingerprint density at radius 1 is 0.864 bits per heavy atom. The smallest absolute Gasteiger partial charge is 0.363 e. The molecule has 1 atom stereocenters. The Labute approximate surface area is 257 Å². The fourth-order valence-electron chi connectivity index (χ4n) is 5.84. The molecule has 44 heavy (non-hydrogen) atoms. The lowest BCUT2D eigenvalue weighted by Crippen LogP contribution is -2.11. The van der Waals surface area contributed by atoms with E-state index in [2.05, 4.69) is 34.2 Å². The van der Waals surface area contributed by atoms with Crippen LogP contribution in [0.1, 0.15) is 48.1 Å². The average molecular weight is 599 g/mol. The molecule has 2 heterocycles. The number of aryl methyl sites for hydroxylation is 1. The van der Waals surface area contributed by atoms with Gasteiger partial charge in [-0.25, -0.2) is 9.79 Å². The molecule has 0 fully saturated rings. The lowest BCUT2D eigenvalue weighted by Gasteiger charge is -2.23. The Morgan fingerprint density at radius 3 is 2.20 bits per heavy atom. The summed E-state index contributed by atoms with van der Waals surface area (Å²) in [6.45, 7) is 1.63. The number of H-pyrrole nitrogens is 1. The quantitative estimate of drug-likeness (QED) is 0.174. The van der Waals surface area contributed by atoms with Crippen LogP contribution in [0.25, 0.3) is 17.0 Å². The largest absolute Gasteiger partial charge is 0.495 e. The molecule has 1 aliphatic heterocycles. The predicted octanol–water partition coefficient (Wildman–Crippen LogP) is 6.88. The number of aromatic nitrogens is 1. The molecule has 0 saturated carbocycles. The Hall–Kier alpha value is -4.92. The van der Waals surface area contributed by atoms with Crippen molar-refractivity contribution in [2.45, 2.75) is 38.5 Å². The molecular formula is C35H38N2O7. The molecule has 0 saturated heterocycles. The molecular weight excluding hydrogens is 560 g/mol. The van der Waals surface area contributed by atoms with Crippen molar-refractivity contribution < 1.29 is 33.2 Å². The van der Waals surface area contributed by atoms with Crippen LogP contribution >= 0.6 is 0 Å². The van der Waals surface area contributed by atoms with Crippen molar-refractivity contribution >= 4 is 28.8 Å². The number of ether oxygens (including phenoxy) is 6. The van der Waals surface area contributed by atoms with Gasteiger partial charge in [-0.3, -0.25) is 0 Å². The van der Waals surface area contributed by atoms with Crippen LogP contribution in [-0.4, -0.2) is 52.4 Å². The molecule has 0 amide bonds. The number of nitrogens with zero attached hydrogens (tertiary/aromatic N) is 1. The van der Waals surface area contributed by atoms with Gasteiger partial charge in [0.15, 0.2) is 34.6 Å². The van der Waals surface area contributed by atoms with Crippen molar-refractivity contribution in [1.29, 1.82) is 0 Å². The molecule has 3 aromatic carbocycles. The van der Waals surface area contributed by atoms with Crippen LogP contribution < -0.4 is 23.7 Å². The number of carbonyl (C=O) groups excluding carboxylic acids is 1. The minimum Gasteiger partial charge on any atom is -0.495 e. The summed E-state index contributed by atoms with van der Waals surface area (Å²) in [6, 6.07) is 17.9. The monoisotopic (exact) mass is 598 g/mol. The highest BCUT2D eigenvalue weighted by Crippen LogP contribution is 2.41. The van der Waals surface area contributed by atoms with Gasteiger partial charge in [-0.05, 0) is 78.8 Å². The molecule has 1 N–H and O–H groups in total. The standard InChI is InChI=1S/C22H25NO3.C13H13NO4/c1-24-18-11-10-14(13-20(18)26-3)12-15-6-4-7-16-17-8-5-9-19(25-2)22(17)23-21(15)16;1-8-14-10(13(15)18-8)6-9-4-5-11(16-2)12(7-9)17-3/h5,8-11,13,15,23H,4,6-7,12H2,1-3H3;4-7H,1-3H3/b;10-6-. The van der Waals surface area contributed by atoms with Crippen LogP contribution in [0.15, 0.2) is 65.3 Å². The van der Waals surface area contributed by atoms with Crippen molar-refractivity contribution in [3.8, 4) is 28.7 Å². The van der Waals surface area contributed by atoms with Gasteiger partial charge in [0.05, 0.1) is 41.1 Å². The first-order valence-electron chi connectivity index (χ1n) is 14.5. The van der Waals surface area contributed by atoms with E-state index in [9.17, 15) is 4.79 Å². The number of benzene rings is 3. The lowest BCUT2D eigenvalue weighted by atomic mass is 9.83. The number of aromatic amines is 1. The summed E-state index contributed by atoms with van der Waals surface area (Å²) in [5.74, 6) is 4.10. The number of hydrogen-bond acceptors (Lipinski definition) is 8. The highest BCUT2D eigenvalue weighted by molar-refractivity contribution is 6.06. The third-order valence-corrected chi connectivity index (χ3v) is 7.91. The first-order valence-corrected chi connectivity index (χ1v) is 14.5. The predicted molar refractivity (Wildman–Crippen MR) is 171 cm³/mol. The summed E-state index contributed by atoms with van der Waals surface area (Å²) in [4.78, 5) is 19.1. The zero-order valence-corrected chi connectivity index (χ0v) is 26.0. The van der Waals surface area contributed by atoms with Crippen molar-refractivity contribution in [3.05, 3.63) is 82.7 Å². The highest BCUT2D eigenvalue weighted by Gasteiger charge is 2.26. The second-order valence-corrected chi connectivity index (χ2v) is 10.5. The van der Waals surface area contributed by atoms with E-state index < -0.39 is 5.97 Å². The SMILES string of the molecule is COc1ccc(/C=C2\N=C(C)OC2=O)cc1OC.COc1ccc(CC2CCCc3c2[nH]c2c(OC)cccc32)cc1OC. The molecule has 2 aliphatic rings. The van der Waals surface area contributed by atoms with Crippen LogP contribution in [0.2, 0.25) is 0 Å². The van der Waals surface area contributed by atoms with Gasteiger partial charge >= 0.3 is 5.97 Å². The number of hydrogen-bond donors (Lipinski definition) is 1. The molecule has 0 bridgehead atoms. The van der Waals surface area contributed by atoms with Crippen LogP contribution in [0.3, 0.4) is 0 Å². The molecule has 1 unspecified atom stereocenters. The van der Waals surface area contributed by atoms with E-state index in [1.165, 1.54) is 35.0 Å². The average Bonchev–Trinajstić information content (AvgIpc) is 3.59. The molecule has 1 aliphatic carbocycles. The summed E-state index contributed by atoms with van der Waals surface area (Å²) in [7, 11) is 8.21. The number of carbonyl (C=O) groups is 1. The maximum Gasteiger partial charge on any atom is 0.363 e. The van der Waals surface area contributed by atoms with Gasteiger partial charge in [-0.2, -0.15) is 0 Å². The van der Waals surface area contributed by atoms with Gasteiger partial charge in [0.2, 0.25) is 0 Å². The fourth-order valence-corrected chi connectivity index (χ4v) is 5.84. The number of rotatable bonds is 8. The third-order valence-electron chi connectivity index (χ3n) is 7.91. The molecule has 0 spiro atoms. The van der Waals surface area contributed by atoms with Crippen molar-refractivity contribution in [1.82, 2.24) is 4.98 Å². The summed E-state index contributed by atoms with van der Waals surface area (Å²) in [5.41, 5.74) is 6.28. The first kappa shape index (κ1) is 30.5. The third kappa shape index (κ3) is 6.37. The molecule has 6 rings (SSSR count). The van der Waals surface area contributed by atoms with E-state index in [0.29, 0.717) is 23.3 Å². The fraction of sp³-hybridized carbons (Fsp3) is 0.314. The first-order chi connectivity index (χ1) is 21.4. The van der Waals surface area contributed by atoms with E-state index in [4.69, 9.17) is 28.4 Å². The normalized spacial score (nSPS) is 16.4. The molecule has 1 aromatic heterocycles. The Kier molecular flexibility index (Phi) is 9.43. The number of cyclic esters (lactones) is 1. The maximum atomic E-state index is 11.4. The second kappa shape index (κ2) is 13.6. The molecule has 0 radical (unpaired) electrons. The van der Waals surface area contributed by atoms with Crippen molar-refractivity contribution in [3.63, 3.8) is 0 Å². The summed E-state index contributed by atoms with van der Waals surface area (Å²) in [5, 5.41) is 1.30. The number of para-hydroxylation sites is 1. The number of fused-ring (bicyclic) bond motifs is 3. The Morgan fingerprint density at radius 2 is 1.55 bits per heavy atom. The van der Waals surface area contributed by atoms with Crippen LogP contribution in [0.5, 0.6) is 28.7 Å². The number of nitrogens with one attached hydrogen (secondary N) is 1. The Balaban J connectivity index is 0.000000187. The number of esters is 1. The van der Waals surface area contributed by atoms with Crippen molar-refractivity contribution in [2.24, 2.45) is 4.99 Å². The van der Waals surface area contributed by atoms with Crippen LogP contribution in [-0.2, 0) is 22.4 Å². The van der Waals surface area contributed by atoms with Gasteiger partial charge in [0.25, 0.3) is 0 Å². The second-order valence-electron chi connectivity index (χ2n) is 10.5. The van der Waals surface area contributed by atoms with Gasteiger partial charge in [-0.1, -0.05) is 24.3 Å². The molecule has 9 heteroatoms. The zero-order chi connectivity index (χ0) is 31.2. The minimum absolute atomic E-state index is 0.278. The summed E-state index contributed by atoms with van der Waals surface area (Å²) >= 11 is 0. The number of aliphatic imine (C=N–C) groups is 1. The van der Waals surface area contributed by atoms with Gasteiger partial charge in [-0.15, -0.1) is 0 Å². The van der Waals surface area contributed by atoms with E-state index >= 15 is 0 Å². The Bertz CT molecular complexity index is 1720. The van der Waals surface area contributed by atoms with Gasteiger partial charge in [0.1, 0.15) is 5.75 Å². The van der Waals surface area contributed by atoms with Crippen molar-refractivity contribution in [2.75, 3.05) is 35.5 Å². The van der Waals surface area contributed by atoms with Gasteiger partial charge < -0.3 is 33.4 Å². The van der Waals surface area contributed by atoms with E-state index in [-0.39, 0.29) is 5.70 Å². The highest BCUT2D eigenvalue weighted by atomic mass is 16.6. The zero-order valence-electron chi connectivity index (χ0n) is 26.0. The van der Waals surface area contributed by atoms with Gasteiger partial charge in [0, 0.05) is 23.9 Å². The van der Waals surface area contributed by atoms with E-state index in [1.807, 2.05) is 18.2 Å². The molecule has 4 aromatic rings.